The van der Waals surface area contributed by atoms with E-state index in [1.165, 1.54) is 33.0 Å². The molecule has 0 aliphatic heterocycles. The highest BCUT2D eigenvalue weighted by molar-refractivity contribution is 5.77. The van der Waals surface area contributed by atoms with Gasteiger partial charge in [0, 0.05) is 20.1 Å². The summed E-state index contributed by atoms with van der Waals surface area (Å²) in [6, 6.07) is -2.89. The lowest BCUT2D eigenvalue weighted by molar-refractivity contribution is -0.185. The number of halogens is 3. The Morgan fingerprint density at radius 3 is 2.00 bits per heavy atom. The van der Waals surface area contributed by atoms with Crippen LogP contribution in [0.1, 0.15) is 6.92 Å². The molecule has 7 heteroatoms. The average Bonchev–Trinajstić information content (AvgIpc) is 1.99. The molecule has 4 nitrogen and oxygen atoms in total. The lowest BCUT2D eigenvalue weighted by Crippen LogP contribution is -2.55. The molecule has 0 aliphatic rings. The van der Waals surface area contributed by atoms with Crippen molar-refractivity contribution in [1.82, 2.24) is 9.80 Å². The van der Waals surface area contributed by atoms with E-state index in [2.05, 4.69) is 0 Å². The predicted octanol–water partition coefficient (Wildman–Crippen LogP) is 0.284. The SMILES string of the molecule is CC(N)C(N(C)CC(=O)N(C)C)C(F)(F)F. The van der Waals surface area contributed by atoms with Gasteiger partial charge in [-0.05, 0) is 14.0 Å². The van der Waals surface area contributed by atoms with Crippen molar-refractivity contribution < 1.29 is 18.0 Å². The number of hydrogen-bond acceptors (Lipinski definition) is 3. The van der Waals surface area contributed by atoms with Crippen LogP contribution in [0.3, 0.4) is 0 Å². The van der Waals surface area contributed by atoms with Crippen molar-refractivity contribution >= 4 is 5.91 Å². The maximum absolute atomic E-state index is 12.6. The number of carbonyl (C=O) groups is 1. The summed E-state index contributed by atoms with van der Waals surface area (Å²) < 4.78 is 37.9. The first-order chi connectivity index (χ1) is 7.07. The number of nitrogens with zero attached hydrogens (tertiary/aromatic N) is 2. The monoisotopic (exact) mass is 241 g/mol. The van der Waals surface area contributed by atoms with E-state index >= 15 is 0 Å². The first-order valence-electron chi connectivity index (χ1n) is 4.80. The summed E-state index contributed by atoms with van der Waals surface area (Å²) in [6.45, 7) is 0.966. The van der Waals surface area contributed by atoms with Crippen LogP contribution in [0.25, 0.3) is 0 Å². The molecule has 1 amide bonds. The zero-order valence-corrected chi connectivity index (χ0v) is 9.88. The first kappa shape index (κ1) is 15.2. The van der Waals surface area contributed by atoms with Crippen molar-refractivity contribution in [3.05, 3.63) is 0 Å². The Morgan fingerprint density at radius 1 is 1.31 bits per heavy atom. The second-order valence-electron chi connectivity index (χ2n) is 4.05. The van der Waals surface area contributed by atoms with Gasteiger partial charge in [0.15, 0.2) is 0 Å². The number of amides is 1. The third-order valence-corrected chi connectivity index (χ3v) is 2.19. The van der Waals surface area contributed by atoms with Crippen molar-refractivity contribution in [2.45, 2.75) is 25.2 Å². The summed E-state index contributed by atoms with van der Waals surface area (Å²) in [6.07, 6.45) is -4.44. The van der Waals surface area contributed by atoms with Gasteiger partial charge in [0.05, 0.1) is 6.54 Å². The smallest absolute Gasteiger partial charge is 0.348 e. The summed E-state index contributed by atoms with van der Waals surface area (Å²) in [7, 11) is 4.22. The molecular weight excluding hydrogens is 223 g/mol. The average molecular weight is 241 g/mol. The maximum atomic E-state index is 12.6. The summed E-state index contributed by atoms with van der Waals surface area (Å²) in [5, 5.41) is 0. The zero-order valence-electron chi connectivity index (χ0n) is 9.88. The Bertz CT molecular complexity index is 241. The minimum absolute atomic E-state index is 0.307. The van der Waals surface area contributed by atoms with Crippen molar-refractivity contribution in [1.29, 1.82) is 0 Å². The second kappa shape index (κ2) is 5.49. The fraction of sp³-hybridized carbons (Fsp3) is 0.889. The first-order valence-corrected chi connectivity index (χ1v) is 4.80. The van der Waals surface area contributed by atoms with Crippen LogP contribution < -0.4 is 5.73 Å². The molecule has 0 aromatic heterocycles. The van der Waals surface area contributed by atoms with Crippen LogP contribution in [0.2, 0.25) is 0 Å². The van der Waals surface area contributed by atoms with E-state index in [4.69, 9.17) is 5.73 Å². The Balaban J connectivity index is 4.65. The molecule has 0 saturated heterocycles. The molecule has 96 valence electrons. The minimum Gasteiger partial charge on any atom is -0.348 e. The summed E-state index contributed by atoms with van der Waals surface area (Å²) in [4.78, 5) is 13.4. The van der Waals surface area contributed by atoms with Gasteiger partial charge in [-0.15, -0.1) is 0 Å². The highest BCUT2D eigenvalue weighted by Gasteiger charge is 2.45. The van der Waals surface area contributed by atoms with Gasteiger partial charge in [0.25, 0.3) is 0 Å². The van der Waals surface area contributed by atoms with Gasteiger partial charge < -0.3 is 10.6 Å². The van der Waals surface area contributed by atoms with Crippen molar-refractivity contribution in [3.8, 4) is 0 Å². The van der Waals surface area contributed by atoms with Crippen LogP contribution in [0.15, 0.2) is 0 Å². The molecule has 2 atom stereocenters. The summed E-state index contributed by atoms with van der Waals surface area (Å²) in [5.41, 5.74) is 5.29. The molecule has 0 aromatic rings. The normalized spacial score (nSPS) is 16.1. The molecule has 0 aliphatic carbocycles. The molecule has 0 spiro atoms. The van der Waals surface area contributed by atoms with E-state index in [9.17, 15) is 18.0 Å². The molecule has 0 saturated carbocycles. The fourth-order valence-electron chi connectivity index (χ4n) is 1.40. The van der Waals surface area contributed by atoms with Crippen LogP contribution >= 0.6 is 0 Å². The molecule has 0 rings (SSSR count). The molecule has 0 aromatic carbocycles. The van der Waals surface area contributed by atoms with E-state index in [1.807, 2.05) is 0 Å². The second-order valence-corrected chi connectivity index (χ2v) is 4.05. The third-order valence-electron chi connectivity index (χ3n) is 2.19. The van der Waals surface area contributed by atoms with Crippen LogP contribution in [-0.2, 0) is 4.79 Å². The molecule has 0 radical (unpaired) electrons. The molecular formula is C9H18F3N3O. The Kier molecular flexibility index (Phi) is 5.21. The molecule has 0 fully saturated rings. The highest BCUT2D eigenvalue weighted by Crippen LogP contribution is 2.25. The van der Waals surface area contributed by atoms with E-state index in [0.29, 0.717) is 0 Å². The number of rotatable bonds is 4. The standard InChI is InChI=1S/C9H18F3N3O/c1-6(13)8(9(10,11)12)15(4)5-7(16)14(2)3/h6,8H,5,13H2,1-4H3. The number of nitrogens with two attached hydrogens (primary N) is 1. The molecule has 2 N–H and O–H groups in total. The van der Waals surface area contributed by atoms with Gasteiger partial charge in [-0.25, -0.2) is 0 Å². The number of likely N-dealkylation sites (N-methyl/N-ethyl adjacent to an activating group) is 2. The van der Waals surface area contributed by atoms with Gasteiger partial charge in [0.2, 0.25) is 5.91 Å². The van der Waals surface area contributed by atoms with E-state index in [0.717, 1.165) is 4.90 Å². The Labute approximate surface area is 93.2 Å². The predicted molar refractivity (Wildman–Crippen MR) is 54.8 cm³/mol. The summed E-state index contributed by atoms with van der Waals surface area (Å²) in [5.74, 6) is -0.391. The molecule has 0 bridgehead atoms. The maximum Gasteiger partial charge on any atom is 0.405 e. The highest BCUT2D eigenvalue weighted by atomic mass is 19.4. The van der Waals surface area contributed by atoms with E-state index in [1.54, 1.807) is 0 Å². The number of alkyl halides is 3. The van der Waals surface area contributed by atoms with Crippen LogP contribution in [0, 0.1) is 0 Å². The Morgan fingerprint density at radius 2 is 1.75 bits per heavy atom. The van der Waals surface area contributed by atoms with Crippen molar-refractivity contribution in [2.24, 2.45) is 5.73 Å². The van der Waals surface area contributed by atoms with E-state index in [-0.39, 0.29) is 6.54 Å². The molecule has 0 heterocycles. The number of carbonyl (C=O) groups excluding carboxylic acids is 1. The van der Waals surface area contributed by atoms with Crippen LogP contribution in [-0.4, -0.2) is 61.7 Å². The lowest BCUT2D eigenvalue weighted by Gasteiger charge is -2.32. The van der Waals surface area contributed by atoms with Gasteiger partial charge in [-0.2, -0.15) is 13.2 Å². The molecule has 16 heavy (non-hydrogen) atoms. The quantitative estimate of drug-likeness (QED) is 0.769. The lowest BCUT2D eigenvalue weighted by atomic mass is 10.1. The summed E-state index contributed by atoms with van der Waals surface area (Å²) >= 11 is 0. The van der Waals surface area contributed by atoms with Crippen LogP contribution in [0.5, 0.6) is 0 Å². The minimum atomic E-state index is -4.44. The topological polar surface area (TPSA) is 49.6 Å². The zero-order chi connectivity index (χ0) is 13.1. The van der Waals surface area contributed by atoms with Crippen LogP contribution in [0.4, 0.5) is 13.2 Å². The van der Waals surface area contributed by atoms with Crippen molar-refractivity contribution in [3.63, 3.8) is 0 Å². The van der Waals surface area contributed by atoms with Gasteiger partial charge in [-0.1, -0.05) is 0 Å². The van der Waals surface area contributed by atoms with Gasteiger partial charge in [0.1, 0.15) is 6.04 Å². The number of hydrogen-bond donors (Lipinski definition) is 1. The third kappa shape index (κ3) is 4.36. The largest absolute Gasteiger partial charge is 0.405 e. The van der Waals surface area contributed by atoms with Gasteiger partial charge >= 0.3 is 6.18 Å². The molecule has 2 unspecified atom stereocenters. The van der Waals surface area contributed by atoms with Crippen molar-refractivity contribution in [2.75, 3.05) is 27.7 Å². The fourth-order valence-corrected chi connectivity index (χ4v) is 1.40. The Hall–Kier alpha value is -0.820. The van der Waals surface area contributed by atoms with E-state index < -0.39 is 24.2 Å². The van der Waals surface area contributed by atoms with Gasteiger partial charge in [-0.3, -0.25) is 9.69 Å².